The highest BCUT2D eigenvalue weighted by atomic mass is 32.3. The minimum atomic E-state index is -5.02. The molecule has 220 valence electrons. The van der Waals surface area contributed by atoms with E-state index in [1.54, 1.807) is 0 Å². The zero-order valence-electron chi connectivity index (χ0n) is 23.6. The van der Waals surface area contributed by atoms with Crippen LogP contribution in [0.3, 0.4) is 0 Å². The smallest absolute Gasteiger partial charge is 0.309 e. The molecule has 4 fully saturated rings. The summed E-state index contributed by atoms with van der Waals surface area (Å²) >= 11 is 0. The molecule has 1 aliphatic heterocycles. The third-order valence-electron chi connectivity index (χ3n) is 11.7. The Labute approximate surface area is 227 Å². The van der Waals surface area contributed by atoms with Crippen LogP contribution < -0.4 is 0 Å². The monoisotopic (exact) mass is 559 g/mol. The predicted molar refractivity (Wildman–Crippen MR) is 138 cm³/mol. The first-order chi connectivity index (χ1) is 17.5. The lowest BCUT2D eigenvalue weighted by molar-refractivity contribution is -0.162. The van der Waals surface area contributed by atoms with Crippen molar-refractivity contribution in [3.05, 3.63) is 0 Å². The van der Waals surface area contributed by atoms with Crippen LogP contribution in [-0.2, 0) is 24.1 Å². The van der Waals surface area contributed by atoms with Crippen LogP contribution in [0.4, 0.5) is 0 Å². The first-order valence-electron chi connectivity index (χ1n) is 14.4. The van der Waals surface area contributed by atoms with Gasteiger partial charge in [0.2, 0.25) is 10.4 Å². The fraction of sp³-hybridized carbons (Fsp3) is 0.964. The number of aliphatic hydroxyl groups excluding tert-OH is 3. The molecule has 0 bridgehead atoms. The van der Waals surface area contributed by atoms with Gasteiger partial charge >= 0.3 is 5.97 Å². The van der Waals surface area contributed by atoms with E-state index in [2.05, 4.69) is 13.8 Å². The molecule has 1 saturated heterocycles. The van der Waals surface area contributed by atoms with E-state index in [1.165, 1.54) is 0 Å². The number of carbonyl (C=O) groups is 1. The van der Waals surface area contributed by atoms with Crippen LogP contribution >= 0.6 is 0 Å². The summed E-state index contributed by atoms with van der Waals surface area (Å²) in [5, 5.41) is 32.1. The Morgan fingerprint density at radius 3 is 2.26 bits per heavy atom. The maximum Gasteiger partial charge on any atom is 0.309 e. The summed E-state index contributed by atoms with van der Waals surface area (Å²) in [5.74, 6) is -0.898. The number of fused-ring (bicyclic) bond motifs is 5. The number of rotatable bonds is 7. The summed E-state index contributed by atoms with van der Waals surface area (Å²) in [7, 11) is -5.02. The number of hydrogen-bond acceptors (Lipinski definition) is 9. The Morgan fingerprint density at radius 2 is 1.66 bits per heavy atom. The second kappa shape index (κ2) is 10.6. The Balaban J connectivity index is 1.63. The Hall–Kier alpha value is -0.780. The average molecular weight is 560 g/mol. The molecule has 38 heavy (non-hydrogen) atoms. The molecule has 3 unspecified atom stereocenters. The Bertz CT molecular complexity index is 985. The van der Waals surface area contributed by atoms with Gasteiger partial charge in [-0.05, 0) is 90.8 Å². The van der Waals surface area contributed by atoms with Crippen molar-refractivity contribution in [1.29, 1.82) is 0 Å². The van der Waals surface area contributed by atoms with E-state index in [4.69, 9.17) is 8.92 Å². The molecule has 3 N–H and O–H groups in total. The molecule has 13 atom stereocenters. The molecule has 10 heteroatoms. The normalized spacial score (nSPS) is 44.7. The molecule has 4 rings (SSSR count). The van der Waals surface area contributed by atoms with Crippen LogP contribution in [-0.4, -0.2) is 65.3 Å². The molecule has 0 aromatic heterocycles. The van der Waals surface area contributed by atoms with E-state index in [1.807, 2.05) is 27.7 Å². The van der Waals surface area contributed by atoms with Gasteiger partial charge in [0.1, 0.15) is 6.10 Å². The number of aliphatic hydroxyl groups is 3. The second-order valence-electron chi connectivity index (χ2n) is 13.8. The van der Waals surface area contributed by atoms with Gasteiger partial charge in [-0.25, -0.2) is 8.42 Å². The molecule has 0 amide bonds. The molecule has 0 aromatic rings. The number of esters is 1. The molecular weight excluding hydrogens is 512 g/mol. The van der Waals surface area contributed by atoms with E-state index >= 15 is 0 Å². The van der Waals surface area contributed by atoms with Gasteiger partial charge in [0.15, 0.2) is 0 Å². The van der Waals surface area contributed by atoms with Gasteiger partial charge in [-0.15, -0.1) is 0 Å². The van der Waals surface area contributed by atoms with Gasteiger partial charge in [-0.3, -0.25) is 8.98 Å². The lowest BCUT2D eigenvalue weighted by Crippen LogP contribution is -2.55. The molecule has 3 aliphatic carbocycles. The maximum absolute atomic E-state index is 13.1. The standard InChI is InChI=1S/C28H48O9S/c1-14(2)15(3)24(31)25(37-38(33,34)35)16(4)18-7-8-19-17-13-36-26(32)21-11-22(29)23(30)12-28(21,6)20(17)9-10-27(18,19)5/h14-25,29-31H,7-13H2,1-6H3,(H,33,34,35)/p-1/t15-,16-,17?,18?,19-,20?,21+,22-,23+,24+,25+,27+,28+/m0/s1. The van der Waals surface area contributed by atoms with Crippen LogP contribution in [0.5, 0.6) is 0 Å². The summed E-state index contributed by atoms with van der Waals surface area (Å²) < 4.78 is 46.1. The van der Waals surface area contributed by atoms with E-state index < -0.39 is 46.1 Å². The molecule has 0 spiro atoms. The van der Waals surface area contributed by atoms with Gasteiger partial charge < -0.3 is 24.6 Å². The zero-order chi connectivity index (χ0) is 28.4. The minimum absolute atomic E-state index is 0.00976. The van der Waals surface area contributed by atoms with Crippen molar-refractivity contribution in [2.45, 2.75) is 104 Å². The third kappa shape index (κ3) is 5.18. The van der Waals surface area contributed by atoms with Gasteiger partial charge in [0.25, 0.3) is 0 Å². The lowest BCUT2D eigenvalue weighted by Gasteiger charge is -2.56. The van der Waals surface area contributed by atoms with Crippen molar-refractivity contribution in [1.82, 2.24) is 0 Å². The summed E-state index contributed by atoms with van der Waals surface area (Å²) in [4.78, 5) is 13.1. The third-order valence-corrected chi connectivity index (χ3v) is 12.2. The van der Waals surface area contributed by atoms with Crippen molar-refractivity contribution in [3.8, 4) is 0 Å². The van der Waals surface area contributed by atoms with Crippen LogP contribution in [0.1, 0.15) is 80.1 Å². The van der Waals surface area contributed by atoms with Crippen molar-refractivity contribution in [3.63, 3.8) is 0 Å². The molecule has 9 nitrogen and oxygen atoms in total. The maximum atomic E-state index is 13.1. The van der Waals surface area contributed by atoms with Gasteiger partial charge in [0, 0.05) is 0 Å². The summed E-state index contributed by atoms with van der Waals surface area (Å²) in [6.45, 7) is 12.2. The number of carbonyl (C=O) groups excluding carboxylic acids is 1. The van der Waals surface area contributed by atoms with Crippen molar-refractivity contribution in [2.75, 3.05) is 6.61 Å². The van der Waals surface area contributed by atoms with Crippen LogP contribution in [0.25, 0.3) is 0 Å². The highest BCUT2D eigenvalue weighted by molar-refractivity contribution is 7.80. The van der Waals surface area contributed by atoms with Gasteiger partial charge in [-0.1, -0.05) is 41.5 Å². The SMILES string of the molecule is CC(C)[C@H](C)[C@@H](O)[C@H](OS(=O)(=O)[O-])[C@@H](C)C1CC[C@H]2C3COC(=O)[C@H]4C[C@H](O)[C@H](O)C[C@]4(C)C3CC[C@]12C. The minimum Gasteiger partial charge on any atom is -0.726 e. The fourth-order valence-electron chi connectivity index (χ4n) is 9.21. The fourth-order valence-corrected chi connectivity index (χ4v) is 9.77. The number of hydrogen-bond donors (Lipinski definition) is 3. The number of ether oxygens (including phenoxy) is 1. The Kier molecular flexibility index (Phi) is 8.39. The van der Waals surface area contributed by atoms with Crippen LogP contribution in [0.2, 0.25) is 0 Å². The average Bonchev–Trinajstić information content (AvgIpc) is 3.13. The number of cyclic esters (lactones) is 1. The summed E-state index contributed by atoms with van der Waals surface area (Å²) in [6, 6.07) is 0. The largest absolute Gasteiger partial charge is 0.726 e. The first kappa shape index (κ1) is 30.2. The predicted octanol–water partition coefficient (Wildman–Crippen LogP) is 2.87. The zero-order valence-corrected chi connectivity index (χ0v) is 24.4. The molecule has 1 heterocycles. The topological polar surface area (TPSA) is 153 Å². The van der Waals surface area contributed by atoms with E-state index in [9.17, 15) is 33.1 Å². The molecule has 0 aromatic carbocycles. The lowest BCUT2D eigenvalue weighted by atomic mass is 9.48. The van der Waals surface area contributed by atoms with Crippen LogP contribution in [0, 0.1) is 58.2 Å². The van der Waals surface area contributed by atoms with Crippen molar-refractivity contribution in [2.24, 2.45) is 58.2 Å². The molecule has 0 radical (unpaired) electrons. The Morgan fingerprint density at radius 1 is 1.03 bits per heavy atom. The van der Waals surface area contributed by atoms with Crippen molar-refractivity contribution < 1.29 is 42.0 Å². The highest BCUT2D eigenvalue weighted by Gasteiger charge is 2.63. The quantitative estimate of drug-likeness (QED) is 0.243. The van der Waals surface area contributed by atoms with E-state index in [0.717, 1.165) is 25.7 Å². The highest BCUT2D eigenvalue weighted by Crippen LogP contribution is 2.66. The first-order valence-corrected chi connectivity index (χ1v) is 15.7. The van der Waals surface area contributed by atoms with Crippen LogP contribution in [0.15, 0.2) is 0 Å². The molecule has 3 saturated carbocycles. The van der Waals surface area contributed by atoms with Crippen molar-refractivity contribution >= 4 is 16.4 Å². The van der Waals surface area contributed by atoms with E-state index in [-0.39, 0.29) is 59.2 Å². The molecular formula is C28H47O9S-. The molecule has 4 aliphatic rings. The second-order valence-corrected chi connectivity index (χ2v) is 14.8. The summed E-state index contributed by atoms with van der Waals surface area (Å²) in [5.41, 5.74) is -0.696. The van der Waals surface area contributed by atoms with E-state index in [0.29, 0.717) is 13.0 Å². The summed E-state index contributed by atoms with van der Waals surface area (Å²) in [6.07, 6.45) is -0.172. The van der Waals surface area contributed by atoms with Gasteiger partial charge in [-0.2, -0.15) is 0 Å². The van der Waals surface area contributed by atoms with Gasteiger partial charge in [0.05, 0.1) is 30.8 Å².